The lowest BCUT2D eigenvalue weighted by atomic mass is 10.2. The highest BCUT2D eigenvalue weighted by Gasteiger charge is 1.98. The number of rotatable bonds is 5. The third-order valence-electron chi connectivity index (χ3n) is 1.50. The fourth-order valence-corrected chi connectivity index (χ4v) is 0.992. The van der Waals surface area contributed by atoms with Gasteiger partial charge in [0, 0.05) is 0 Å². The number of hydrogen-bond donors (Lipinski definition) is 2. The first-order chi connectivity index (χ1) is 6.83. The molecule has 0 aromatic heterocycles. The Labute approximate surface area is 87.3 Å². The summed E-state index contributed by atoms with van der Waals surface area (Å²) >= 11 is 5.13. The first kappa shape index (κ1) is 11.0. The summed E-state index contributed by atoms with van der Waals surface area (Å²) in [7, 11) is 0. The Kier molecular flexibility index (Phi) is 4.99. The maximum absolute atomic E-state index is 10.9. The zero-order chi connectivity index (χ0) is 10.2. The third-order valence-corrected chi connectivity index (χ3v) is 1.63. The molecule has 0 atom stereocenters. The molecule has 1 aromatic rings. The molecule has 0 saturated heterocycles. The minimum atomic E-state index is -0.309. The van der Waals surface area contributed by atoms with Gasteiger partial charge in [0.15, 0.2) is 0 Å². The van der Waals surface area contributed by atoms with Gasteiger partial charge in [-0.1, -0.05) is 30.3 Å². The largest absolute Gasteiger partial charge is 0.271 e. The van der Waals surface area contributed by atoms with Crippen molar-refractivity contribution in [2.75, 3.05) is 6.54 Å². The van der Waals surface area contributed by atoms with Gasteiger partial charge in [0.05, 0.1) is 13.2 Å². The summed E-state index contributed by atoms with van der Waals surface area (Å²) in [5.74, 6) is -0.309. The monoisotopic (exact) mass is 214 g/mol. The first-order valence-corrected chi connectivity index (χ1v) is 4.49. The third kappa shape index (κ3) is 4.23. The number of amides is 1. The molecule has 14 heavy (non-hydrogen) atoms. The molecule has 4 nitrogen and oxygen atoms in total. The topological polar surface area (TPSA) is 50.4 Å². The van der Waals surface area contributed by atoms with Crippen LogP contribution in [0.3, 0.4) is 0 Å². The molecule has 0 aliphatic carbocycles. The smallest absolute Gasteiger partial charge is 0.258 e. The molecule has 2 N–H and O–H groups in total. The van der Waals surface area contributed by atoms with Gasteiger partial charge in [0.1, 0.15) is 0 Å². The SMILES string of the molecule is O=C(CNCl)NOCc1ccccc1. The summed E-state index contributed by atoms with van der Waals surface area (Å²) in [5.41, 5.74) is 3.24. The predicted octanol–water partition coefficient (Wildman–Crippen LogP) is 0.978. The minimum absolute atomic E-state index is 0.0242. The molecule has 5 heteroatoms. The standard InChI is InChI=1S/C9H11ClN2O2/c10-11-6-9(13)12-14-7-8-4-2-1-3-5-8/h1-5,11H,6-7H2,(H,12,13). The Hall–Kier alpha value is -1.10. The van der Waals surface area contributed by atoms with E-state index in [1.54, 1.807) is 0 Å². The van der Waals surface area contributed by atoms with Crippen LogP contribution in [-0.2, 0) is 16.2 Å². The molecule has 0 unspecified atom stereocenters. The summed E-state index contributed by atoms with van der Waals surface area (Å²) < 4.78 is 0. The molecular weight excluding hydrogens is 204 g/mol. The average molecular weight is 215 g/mol. The van der Waals surface area contributed by atoms with E-state index in [4.69, 9.17) is 16.6 Å². The number of halogens is 1. The van der Waals surface area contributed by atoms with Gasteiger partial charge in [0.25, 0.3) is 5.91 Å². The van der Waals surface area contributed by atoms with Crippen LogP contribution in [0.2, 0.25) is 0 Å². The summed E-state index contributed by atoms with van der Waals surface area (Å²) in [6, 6.07) is 9.54. The molecule has 1 amide bonds. The van der Waals surface area contributed by atoms with Crippen LogP contribution < -0.4 is 10.3 Å². The Morgan fingerprint density at radius 1 is 1.36 bits per heavy atom. The van der Waals surface area contributed by atoms with Crippen molar-refractivity contribution in [3.05, 3.63) is 35.9 Å². The van der Waals surface area contributed by atoms with Crippen LogP contribution in [0.4, 0.5) is 0 Å². The van der Waals surface area contributed by atoms with Crippen LogP contribution in [0.5, 0.6) is 0 Å². The van der Waals surface area contributed by atoms with Crippen LogP contribution in [0.1, 0.15) is 5.56 Å². The highest BCUT2D eigenvalue weighted by atomic mass is 35.5. The number of nitrogens with one attached hydrogen (secondary N) is 2. The molecule has 0 spiro atoms. The maximum atomic E-state index is 10.9. The molecule has 0 aliphatic rings. The molecule has 0 aliphatic heterocycles. The highest BCUT2D eigenvalue weighted by molar-refractivity contribution is 6.14. The normalized spacial score (nSPS) is 9.79. The number of hydroxylamine groups is 1. The van der Waals surface area contributed by atoms with E-state index in [0.717, 1.165) is 5.56 Å². The zero-order valence-electron chi connectivity index (χ0n) is 7.50. The lowest BCUT2D eigenvalue weighted by Crippen LogP contribution is -2.30. The lowest BCUT2D eigenvalue weighted by molar-refractivity contribution is -0.133. The summed E-state index contributed by atoms with van der Waals surface area (Å²) in [4.78, 5) is 18.0. The highest BCUT2D eigenvalue weighted by Crippen LogP contribution is 1.98. The van der Waals surface area contributed by atoms with Crippen LogP contribution in [0.25, 0.3) is 0 Å². The van der Waals surface area contributed by atoms with Crippen molar-refractivity contribution in [2.45, 2.75) is 6.61 Å². The Morgan fingerprint density at radius 2 is 2.07 bits per heavy atom. The number of carbonyl (C=O) groups excluding carboxylic acids is 1. The van der Waals surface area contributed by atoms with E-state index in [0.29, 0.717) is 6.61 Å². The van der Waals surface area contributed by atoms with E-state index < -0.39 is 0 Å². The molecule has 76 valence electrons. The Morgan fingerprint density at radius 3 is 2.71 bits per heavy atom. The van der Waals surface area contributed by atoms with Crippen LogP contribution >= 0.6 is 11.8 Å². The fraction of sp³-hybridized carbons (Fsp3) is 0.222. The molecule has 0 fully saturated rings. The molecule has 0 heterocycles. The van der Waals surface area contributed by atoms with Crippen LogP contribution in [0.15, 0.2) is 30.3 Å². The second-order valence-electron chi connectivity index (χ2n) is 2.61. The van der Waals surface area contributed by atoms with Crippen molar-refractivity contribution >= 4 is 17.7 Å². The van der Waals surface area contributed by atoms with Gasteiger partial charge in [0.2, 0.25) is 0 Å². The van der Waals surface area contributed by atoms with E-state index in [9.17, 15) is 4.79 Å². The molecule has 1 rings (SSSR count). The minimum Gasteiger partial charge on any atom is -0.271 e. The van der Waals surface area contributed by atoms with Gasteiger partial charge in [-0.15, -0.1) is 0 Å². The van der Waals surface area contributed by atoms with Gasteiger partial charge < -0.3 is 0 Å². The van der Waals surface area contributed by atoms with E-state index >= 15 is 0 Å². The summed E-state index contributed by atoms with van der Waals surface area (Å²) in [6.07, 6.45) is 0. The van der Waals surface area contributed by atoms with Crippen molar-refractivity contribution < 1.29 is 9.63 Å². The molecule has 0 radical (unpaired) electrons. The molecule has 0 saturated carbocycles. The van der Waals surface area contributed by atoms with Crippen molar-refractivity contribution in [3.63, 3.8) is 0 Å². The maximum Gasteiger partial charge on any atom is 0.258 e. The van der Waals surface area contributed by atoms with Gasteiger partial charge in [-0.2, -0.15) is 0 Å². The van der Waals surface area contributed by atoms with Crippen LogP contribution in [0, 0.1) is 0 Å². The van der Waals surface area contributed by atoms with Gasteiger partial charge in [-0.05, 0) is 17.3 Å². The van der Waals surface area contributed by atoms with Gasteiger partial charge >= 0.3 is 0 Å². The quantitative estimate of drug-likeness (QED) is 0.568. The fourth-order valence-electron chi connectivity index (χ4n) is 0.871. The average Bonchev–Trinajstić information content (AvgIpc) is 2.20. The van der Waals surface area contributed by atoms with E-state index in [1.807, 2.05) is 30.3 Å². The van der Waals surface area contributed by atoms with Gasteiger partial charge in [-0.25, -0.2) is 10.3 Å². The predicted molar refractivity (Wildman–Crippen MR) is 53.2 cm³/mol. The number of carbonyl (C=O) groups is 1. The first-order valence-electron chi connectivity index (χ1n) is 4.11. The second-order valence-corrected chi connectivity index (χ2v) is 2.88. The van der Waals surface area contributed by atoms with E-state index in [2.05, 4.69) is 10.3 Å². The number of benzene rings is 1. The van der Waals surface area contributed by atoms with E-state index in [1.165, 1.54) is 0 Å². The van der Waals surface area contributed by atoms with Crippen molar-refractivity contribution in [1.29, 1.82) is 0 Å². The summed E-state index contributed by atoms with van der Waals surface area (Å²) in [5, 5.41) is 0. The molecule has 1 aromatic carbocycles. The lowest BCUT2D eigenvalue weighted by Gasteiger charge is -2.04. The molecular formula is C9H11ClN2O2. The Bertz CT molecular complexity index is 279. The van der Waals surface area contributed by atoms with Crippen molar-refractivity contribution in [2.24, 2.45) is 0 Å². The zero-order valence-corrected chi connectivity index (χ0v) is 8.25. The molecule has 0 bridgehead atoms. The van der Waals surface area contributed by atoms with E-state index in [-0.39, 0.29) is 12.5 Å². The summed E-state index contributed by atoms with van der Waals surface area (Å²) in [6.45, 7) is 0.366. The van der Waals surface area contributed by atoms with Crippen LogP contribution in [-0.4, -0.2) is 12.5 Å². The van der Waals surface area contributed by atoms with Gasteiger partial charge in [-0.3, -0.25) is 9.63 Å². The van der Waals surface area contributed by atoms with Crippen molar-refractivity contribution in [1.82, 2.24) is 10.3 Å². The Balaban J connectivity index is 2.19. The van der Waals surface area contributed by atoms with Crippen molar-refractivity contribution in [3.8, 4) is 0 Å². The number of hydrogen-bond acceptors (Lipinski definition) is 3. The second kappa shape index (κ2) is 6.37.